The van der Waals surface area contributed by atoms with Crippen molar-refractivity contribution in [3.63, 3.8) is 0 Å². The maximum absolute atomic E-state index is 15.5. The summed E-state index contributed by atoms with van der Waals surface area (Å²) in [4.78, 5) is 50.4. The van der Waals surface area contributed by atoms with Crippen molar-refractivity contribution >= 4 is 69.2 Å². The van der Waals surface area contributed by atoms with Gasteiger partial charge in [0.2, 0.25) is 11.8 Å². The van der Waals surface area contributed by atoms with E-state index in [1.165, 1.54) is 5.19 Å². The highest BCUT2D eigenvalue weighted by Crippen LogP contribution is 2.60. The fourth-order valence-corrected chi connectivity index (χ4v) is 14.9. The third-order valence-corrected chi connectivity index (χ3v) is 18.5. The molecule has 9 rings (SSSR count). The predicted molar refractivity (Wildman–Crippen MR) is 248 cm³/mol. The van der Waals surface area contributed by atoms with Gasteiger partial charge in [-0.3, -0.25) is 14.4 Å². The SMILES string of the molecule is COc1ccc([Si](C)(C)[C@@H]2[C@@H](CC(=O)N3Cc4ccccc4C[C@H]3CO)O[C@]3(C(=O)N(Cc4cccc(NC(=O)Cc5c[nH]c6ccccc56)c4)c4ccc(Br)cc43)[C@H]2C)cc1. The summed E-state index contributed by atoms with van der Waals surface area (Å²) in [5, 5.41) is 15.8. The molecule has 318 valence electrons. The van der Waals surface area contributed by atoms with Crippen molar-refractivity contribution in [1.29, 1.82) is 0 Å². The van der Waals surface area contributed by atoms with Gasteiger partial charge in [0.25, 0.3) is 5.91 Å². The number of rotatable bonds is 11. The van der Waals surface area contributed by atoms with Gasteiger partial charge < -0.3 is 34.7 Å². The molecule has 3 N–H and O–H groups in total. The van der Waals surface area contributed by atoms with Gasteiger partial charge >= 0.3 is 0 Å². The molecular weight excluding hydrogens is 861 g/mol. The zero-order valence-electron chi connectivity index (χ0n) is 35.4. The average Bonchev–Trinajstić information content (AvgIpc) is 3.89. The van der Waals surface area contributed by atoms with E-state index in [2.05, 4.69) is 64.4 Å². The molecule has 3 aliphatic rings. The van der Waals surface area contributed by atoms with Gasteiger partial charge in [-0.1, -0.05) is 108 Å². The van der Waals surface area contributed by atoms with Gasteiger partial charge in [-0.2, -0.15) is 0 Å². The Balaban J connectivity index is 1.04. The van der Waals surface area contributed by atoms with Gasteiger partial charge in [0.15, 0.2) is 5.60 Å². The van der Waals surface area contributed by atoms with E-state index in [-0.39, 0.29) is 61.2 Å². The van der Waals surface area contributed by atoms with Crippen molar-refractivity contribution in [1.82, 2.24) is 9.88 Å². The number of amides is 3. The Bertz CT molecular complexity index is 2680. The largest absolute Gasteiger partial charge is 0.497 e. The number of para-hydroxylation sites is 1. The summed E-state index contributed by atoms with van der Waals surface area (Å²) < 4.78 is 13.7. The number of aliphatic hydroxyl groups is 1. The quantitative estimate of drug-likeness (QED) is 0.113. The maximum atomic E-state index is 15.5. The first kappa shape index (κ1) is 41.8. The average molecular weight is 912 g/mol. The lowest BCUT2D eigenvalue weighted by molar-refractivity contribution is -0.151. The molecule has 5 aromatic carbocycles. The first-order valence-corrected chi connectivity index (χ1v) is 25.1. The molecule has 5 atom stereocenters. The normalized spacial score (nSPS) is 21.9. The number of nitrogens with one attached hydrogen (secondary N) is 2. The fourth-order valence-electron chi connectivity index (χ4n) is 10.6. The first-order valence-electron chi connectivity index (χ1n) is 21.3. The lowest BCUT2D eigenvalue weighted by atomic mass is 9.82. The zero-order valence-corrected chi connectivity index (χ0v) is 37.9. The standard InChI is InChI=1S/C50H51BrN4O6Si/c1-31-48(62(3,4)40-19-17-39(60-2)18-20-40)45(26-47(58)54-29-34-12-6-5-11-33(34)23-38(54)30-56)61-50(31)42-25-36(51)16-21-44(42)55(49(50)59)28-32-10-9-13-37(22-32)53-46(57)24-35-27-52-43-15-8-7-14-41(35)43/h5-22,25,27,31,38,45,48,52,56H,23-24,26,28-30H2,1-4H3,(H,53,57)/t31-,38-,45+,48-,50+/m0/s1. The lowest BCUT2D eigenvalue weighted by Gasteiger charge is -2.39. The second-order valence-corrected chi connectivity index (χ2v) is 23.1. The molecule has 3 amide bonds. The third kappa shape index (κ3) is 7.36. The number of aromatic amines is 1. The highest BCUT2D eigenvalue weighted by molar-refractivity contribution is 9.10. The van der Waals surface area contributed by atoms with Crippen LogP contribution in [0.4, 0.5) is 11.4 Å². The molecule has 12 heteroatoms. The van der Waals surface area contributed by atoms with Crippen LogP contribution < -0.4 is 20.1 Å². The number of benzene rings is 5. The van der Waals surface area contributed by atoms with Crippen molar-refractivity contribution < 1.29 is 29.0 Å². The highest BCUT2D eigenvalue weighted by Gasteiger charge is 2.66. The van der Waals surface area contributed by atoms with Gasteiger partial charge in [0.05, 0.1) is 59.0 Å². The second-order valence-electron chi connectivity index (χ2n) is 17.5. The number of fused-ring (bicyclic) bond motifs is 4. The van der Waals surface area contributed by atoms with Crippen molar-refractivity contribution in [2.75, 3.05) is 23.9 Å². The second kappa shape index (κ2) is 16.6. The van der Waals surface area contributed by atoms with Crippen LogP contribution in [-0.2, 0) is 50.7 Å². The number of halogens is 1. The summed E-state index contributed by atoms with van der Waals surface area (Å²) in [7, 11) is -0.896. The summed E-state index contributed by atoms with van der Waals surface area (Å²) in [6, 6.07) is 37.4. The Morgan fingerprint density at radius 3 is 2.50 bits per heavy atom. The number of H-pyrrole nitrogens is 1. The molecule has 0 bridgehead atoms. The van der Waals surface area contributed by atoms with Gasteiger partial charge in [0.1, 0.15) is 5.75 Å². The predicted octanol–water partition coefficient (Wildman–Crippen LogP) is 8.22. The third-order valence-electron chi connectivity index (χ3n) is 13.6. The van der Waals surface area contributed by atoms with Gasteiger partial charge in [-0.15, -0.1) is 0 Å². The van der Waals surface area contributed by atoms with Crippen molar-refractivity contribution in [3.05, 3.63) is 154 Å². The molecular formula is C50H51BrN4O6Si. The van der Waals surface area contributed by atoms with Crippen LogP contribution in [0.15, 0.2) is 126 Å². The lowest BCUT2D eigenvalue weighted by Crippen LogP contribution is -2.52. The molecule has 0 aliphatic carbocycles. The number of ether oxygens (including phenoxy) is 2. The number of anilines is 2. The van der Waals surface area contributed by atoms with Gasteiger partial charge in [-0.05, 0) is 82.7 Å². The van der Waals surface area contributed by atoms with E-state index < -0.39 is 19.8 Å². The molecule has 3 aliphatic heterocycles. The molecule has 1 spiro atoms. The van der Waals surface area contributed by atoms with Gasteiger partial charge in [-0.25, -0.2) is 0 Å². The van der Waals surface area contributed by atoms with Gasteiger partial charge in [0, 0.05) is 45.3 Å². The number of carbonyl (C=O) groups is 3. The van der Waals surface area contributed by atoms with Crippen LogP contribution in [-0.4, -0.2) is 66.6 Å². The molecule has 62 heavy (non-hydrogen) atoms. The Morgan fingerprint density at radius 1 is 0.968 bits per heavy atom. The first-order chi connectivity index (χ1) is 29.9. The molecule has 4 heterocycles. The van der Waals surface area contributed by atoms with E-state index in [1.54, 1.807) is 16.9 Å². The Hall–Kier alpha value is -5.53. The number of carbonyl (C=O) groups excluding carboxylic acids is 3. The van der Waals surface area contributed by atoms with Crippen LogP contribution in [0.25, 0.3) is 10.9 Å². The molecule has 1 saturated heterocycles. The Labute approximate surface area is 371 Å². The fraction of sp³-hybridized carbons (Fsp3) is 0.300. The van der Waals surface area contributed by atoms with E-state index in [9.17, 15) is 14.7 Å². The van der Waals surface area contributed by atoms with Crippen LogP contribution in [0.2, 0.25) is 18.6 Å². The van der Waals surface area contributed by atoms with E-state index in [0.717, 1.165) is 54.6 Å². The Morgan fingerprint density at radius 2 is 1.73 bits per heavy atom. The number of nitrogens with zero attached hydrogens (tertiary/aromatic N) is 2. The topological polar surface area (TPSA) is 124 Å². The van der Waals surface area contributed by atoms with E-state index in [4.69, 9.17) is 9.47 Å². The number of methoxy groups -OCH3 is 1. The molecule has 0 saturated carbocycles. The van der Waals surface area contributed by atoms with Crippen LogP contribution in [0.5, 0.6) is 5.75 Å². The molecule has 1 aromatic heterocycles. The minimum Gasteiger partial charge on any atom is -0.497 e. The minimum atomic E-state index is -2.55. The maximum Gasteiger partial charge on any atom is 0.264 e. The molecule has 0 unspecified atom stereocenters. The monoisotopic (exact) mass is 910 g/mol. The van der Waals surface area contributed by atoms with Crippen LogP contribution in [0.1, 0.15) is 41.2 Å². The molecule has 0 radical (unpaired) electrons. The van der Waals surface area contributed by atoms with E-state index in [1.807, 2.05) is 103 Å². The number of hydrogen-bond donors (Lipinski definition) is 3. The van der Waals surface area contributed by atoms with Crippen molar-refractivity contribution in [2.24, 2.45) is 5.92 Å². The summed E-state index contributed by atoms with van der Waals surface area (Å²) in [6.45, 7) is 7.24. The minimum absolute atomic E-state index is 0.0684. The molecule has 1 fully saturated rings. The zero-order chi connectivity index (χ0) is 43.3. The molecule has 10 nitrogen and oxygen atoms in total. The van der Waals surface area contributed by atoms with Crippen molar-refractivity contribution in [2.45, 2.75) is 75.7 Å². The number of aromatic nitrogens is 1. The summed E-state index contributed by atoms with van der Waals surface area (Å²) >= 11 is 3.71. The van der Waals surface area contributed by atoms with Crippen LogP contribution >= 0.6 is 15.9 Å². The highest BCUT2D eigenvalue weighted by atomic mass is 79.9. The summed E-state index contributed by atoms with van der Waals surface area (Å²) in [6.07, 6.45) is 2.14. The summed E-state index contributed by atoms with van der Waals surface area (Å²) in [5.74, 6) is 0.0293. The van der Waals surface area contributed by atoms with Crippen LogP contribution in [0, 0.1) is 5.92 Å². The number of aliphatic hydroxyl groups excluding tert-OH is 1. The van der Waals surface area contributed by atoms with Crippen molar-refractivity contribution in [3.8, 4) is 5.75 Å². The smallest absolute Gasteiger partial charge is 0.264 e. The van der Waals surface area contributed by atoms with Crippen LogP contribution in [0.3, 0.4) is 0 Å². The number of hydrogen-bond acceptors (Lipinski definition) is 6. The summed E-state index contributed by atoms with van der Waals surface area (Å²) in [5.41, 5.74) is 5.60. The Kier molecular flexibility index (Phi) is 11.2. The van der Waals surface area contributed by atoms with E-state index >= 15 is 4.79 Å². The molecule has 6 aromatic rings. The van der Waals surface area contributed by atoms with E-state index in [0.29, 0.717) is 18.7 Å².